The summed E-state index contributed by atoms with van der Waals surface area (Å²) < 4.78 is 22.9. The van der Waals surface area contributed by atoms with Crippen molar-refractivity contribution in [1.29, 1.82) is 0 Å². The quantitative estimate of drug-likeness (QED) is 0.458. The van der Waals surface area contributed by atoms with E-state index in [-0.39, 0.29) is 12.1 Å². The lowest BCUT2D eigenvalue weighted by atomic mass is 9.78. The molecule has 26 heavy (non-hydrogen) atoms. The van der Waals surface area contributed by atoms with Crippen LogP contribution >= 0.6 is 11.6 Å². The van der Waals surface area contributed by atoms with Gasteiger partial charge in [-0.3, -0.25) is 0 Å². The Hall–Kier alpha value is -1.50. The summed E-state index contributed by atoms with van der Waals surface area (Å²) in [5.41, 5.74) is 1.02. The molecule has 1 fully saturated rings. The van der Waals surface area contributed by atoms with Crippen molar-refractivity contribution in [2.75, 3.05) is 6.61 Å². The smallest absolute Gasteiger partial charge is 0.484 e. The highest BCUT2D eigenvalue weighted by atomic mass is 35.5. The van der Waals surface area contributed by atoms with Crippen LogP contribution in [0.25, 0.3) is 0 Å². The van der Waals surface area contributed by atoms with Gasteiger partial charge in [-0.25, -0.2) is 4.79 Å². The number of benzene rings is 1. The lowest BCUT2D eigenvalue weighted by molar-refractivity contribution is -0.137. The molecule has 0 bridgehead atoms. The predicted molar refractivity (Wildman–Crippen MR) is 101 cm³/mol. The van der Waals surface area contributed by atoms with E-state index in [1.54, 1.807) is 13.0 Å². The summed E-state index contributed by atoms with van der Waals surface area (Å²) in [7, 11) is -0.475. The second kappa shape index (κ2) is 6.91. The third kappa shape index (κ3) is 3.64. The third-order valence-electron chi connectivity index (χ3n) is 5.09. The van der Waals surface area contributed by atoms with Gasteiger partial charge in [0.2, 0.25) is 0 Å². The van der Waals surface area contributed by atoms with E-state index < -0.39 is 18.3 Å². The molecular weight excluding hydrogens is 354 g/mol. The molecule has 7 heteroatoms. The molecule has 0 saturated carbocycles. The van der Waals surface area contributed by atoms with Crippen LogP contribution in [0.15, 0.2) is 24.3 Å². The van der Waals surface area contributed by atoms with E-state index >= 15 is 0 Å². The molecule has 0 N–H and O–H groups in total. The molecule has 0 spiro atoms. The second-order valence-corrected chi connectivity index (χ2v) is 7.96. The largest absolute Gasteiger partial charge is 0.494 e. The molecule has 140 valence electrons. The summed E-state index contributed by atoms with van der Waals surface area (Å²) >= 11 is 6.42. The minimum atomic E-state index is -0.475. The fourth-order valence-corrected chi connectivity index (χ4v) is 3.26. The topological polar surface area (TPSA) is 54.0 Å². The first-order valence-corrected chi connectivity index (χ1v) is 9.20. The van der Waals surface area contributed by atoms with E-state index in [1.807, 2.05) is 39.8 Å². The molecule has 2 heterocycles. The monoisotopic (exact) mass is 378 g/mol. The minimum absolute atomic E-state index is 0.250. The predicted octanol–water partition coefficient (Wildman–Crippen LogP) is 3.06. The van der Waals surface area contributed by atoms with Crippen molar-refractivity contribution in [3.8, 4) is 5.75 Å². The Morgan fingerprint density at radius 3 is 2.58 bits per heavy atom. The van der Waals surface area contributed by atoms with Gasteiger partial charge in [0.15, 0.2) is 0 Å². The highest BCUT2D eigenvalue weighted by Gasteiger charge is 2.52. The zero-order valence-corrected chi connectivity index (χ0v) is 16.6. The molecule has 0 aromatic heterocycles. The van der Waals surface area contributed by atoms with Crippen LogP contribution in [0, 0.1) is 0 Å². The summed E-state index contributed by atoms with van der Waals surface area (Å²) in [6.07, 6.45) is 3.46. The van der Waals surface area contributed by atoms with Gasteiger partial charge in [0.25, 0.3) is 0 Å². The van der Waals surface area contributed by atoms with E-state index in [4.69, 9.17) is 30.4 Å². The van der Waals surface area contributed by atoms with E-state index in [9.17, 15) is 4.79 Å². The van der Waals surface area contributed by atoms with Crippen LogP contribution in [0.5, 0.6) is 5.75 Å². The van der Waals surface area contributed by atoms with Crippen LogP contribution in [0.2, 0.25) is 5.02 Å². The second-order valence-electron chi connectivity index (χ2n) is 7.55. The molecule has 2 aliphatic heterocycles. The minimum Gasteiger partial charge on any atom is -0.484 e. The number of carbonyl (C=O) groups excluding carboxylic acids is 1. The highest BCUT2D eigenvalue weighted by molar-refractivity contribution is 6.62. The SMILES string of the molecule is CCOC(=O)/C=C/C1Cc2cc(B3OC(C)(C)C(C)(C)O3)cc(Cl)c2O1. The summed E-state index contributed by atoms with van der Waals surface area (Å²) in [6, 6.07) is 3.82. The van der Waals surface area contributed by atoms with Crippen molar-refractivity contribution in [1.82, 2.24) is 0 Å². The average Bonchev–Trinajstić information content (AvgIpc) is 3.04. The molecule has 0 radical (unpaired) electrons. The van der Waals surface area contributed by atoms with Crippen LogP contribution in [-0.2, 0) is 25.3 Å². The molecule has 1 atom stereocenters. The van der Waals surface area contributed by atoms with Gasteiger partial charge in [0, 0.05) is 12.5 Å². The lowest BCUT2D eigenvalue weighted by Crippen LogP contribution is -2.41. The number of hydrogen-bond donors (Lipinski definition) is 0. The van der Waals surface area contributed by atoms with E-state index in [0.29, 0.717) is 23.8 Å². The van der Waals surface area contributed by atoms with Gasteiger partial charge >= 0.3 is 13.1 Å². The maximum Gasteiger partial charge on any atom is 0.494 e. The zero-order chi connectivity index (χ0) is 19.1. The van der Waals surface area contributed by atoms with Crippen molar-refractivity contribution < 1.29 is 23.6 Å². The van der Waals surface area contributed by atoms with Gasteiger partial charge in [0.1, 0.15) is 11.9 Å². The lowest BCUT2D eigenvalue weighted by Gasteiger charge is -2.32. The van der Waals surface area contributed by atoms with Crippen LogP contribution in [0.1, 0.15) is 40.2 Å². The van der Waals surface area contributed by atoms with Crippen molar-refractivity contribution in [2.24, 2.45) is 0 Å². The van der Waals surface area contributed by atoms with Gasteiger partial charge in [-0.05, 0) is 57.8 Å². The fourth-order valence-electron chi connectivity index (χ4n) is 2.97. The van der Waals surface area contributed by atoms with Crippen molar-refractivity contribution >= 4 is 30.2 Å². The van der Waals surface area contributed by atoms with Crippen molar-refractivity contribution in [3.63, 3.8) is 0 Å². The molecular formula is C19H24BClO5. The molecule has 5 nitrogen and oxygen atoms in total. The molecule has 3 rings (SSSR count). The summed E-state index contributed by atoms with van der Waals surface area (Å²) in [5.74, 6) is 0.265. The van der Waals surface area contributed by atoms with Crippen LogP contribution in [-0.4, -0.2) is 37.0 Å². The van der Waals surface area contributed by atoms with Crippen LogP contribution < -0.4 is 10.2 Å². The Balaban J connectivity index is 1.77. The Bertz CT molecular complexity index is 728. The summed E-state index contributed by atoms with van der Waals surface area (Å²) in [6.45, 7) is 10.2. The van der Waals surface area contributed by atoms with E-state index in [0.717, 1.165) is 11.0 Å². The van der Waals surface area contributed by atoms with E-state index in [2.05, 4.69) is 0 Å². The normalized spacial score (nSPS) is 23.2. The van der Waals surface area contributed by atoms with Gasteiger partial charge in [-0.1, -0.05) is 17.7 Å². The number of halogens is 1. The standard InChI is InChI=1S/C19H24BClO5/c1-6-23-16(22)8-7-14-10-12-9-13(11-15(21)17(12)24-14)20-25-18(2,3)19(4,5)26-20/h7-9,11,14H,6,10H2,1-5H3/b8-7+. The first-order valence-electron chi connectivity index (χ1n) is 8.82. The number of hydrogen-bond acceptors (Lipinski definition) is 5. The average molecular weight is 379 g/mol. The molecule has 1 aromatic rings. The number of fused-ring (bicyclic) bond motifs is 1. The Labute approximate surface area is 159 Å². The van der Waals surface area contributed by atoms with Crippen LogP contribution in [0.3, 0.4) is 0 Å². The zero-order valence-electron chi connectivity index (χ0n) is 15.8. The van der Waals surface area contributed by atoms with Gasteiger partial charge in [0.05, 0.1) is 22.8 Å². The number of ether oxygens (including phenoxy) is 2. The van der Waals surface area contributed by atoms with E-state index in [1.165, 1.54) is 6.08 Å². The van der Waals surface area contributed by atoms with Gasteiger partial charge in [-0.2, -0.15) is 0 Å². The first kappa shape index (κ1) is 19.3. The highest BCUT2D eigenvalue weighted by Crippen LogP contribution is 2.39. The molecule has 1 saturated heterocycles. The molecule has 1 aromatic carbocycles. The molecule has 1 unspecified atom stereocenters. The fraction of sp³-hybridized carbons (Fsp3) is 0.526. The number of rotatable bonds is 4. The molecule has 2 aliphatic rings. The Morgan fingerprint density at radius 1 is 1.31 bits per heavy atom. The summed E-state index contributed by atoms with van der Waals surface area (Å²) in [5, 5.41) is 0.513. The maximum absolute atomic E-state index is 11.5. The Kier molecular flexibility index (Phi) is 5.12. The van der Waals surface area contributed by atoms with Gasteiger partial charge < -0.3 is 18.8 Å². The molecule has 0 aliphatic carbocycles. The first-order chi connectivity index (χ1) is 12.1. The van der Waals surface area contributed by atoms with Crippen LogP contribution in [0.4, 0.5) is 0 Å². The van der Waals surface area contributed by atoms with Crippen molar-refractivity contribution in [2.45, 2.75) is 58.3 Å². The number of carbonyl (C=O) groups is 1. The number of esters is 1. The molecule has 0 amide bonds. The van der Waals surface area contributed by atoms with Crippen molar-refractivity contribution in [3.05, 3.63) is 34.9 Å². The third-order valence-corrected chi connectivity index (χ3v) is 5.37. The Morgan fingerprint density at radius 2 is 1.96 bits per heavy atom. The maximum atomic E-state index is 11.5. The summed E-state index contributed by atoms with van der Waals surface area (Å²) in [4.78, 5) is 11.5. The van der Waals surface area contributed by atoms with Gasteiger partial charge in [-0.15, -0.1) is 0 Å².